The molecule has 1 fully saturated rings. The second-order valence-electron chi connectivity index (χ2n) is 10.2. The summed E-state index contributed by atoms with van der Waals surface area (Å²) in [5.41, 5.74) is 4.53. The summed E-state index contributed by atoms with van der Waals surface area (Å²) in [5.74, 6) is -0.0978. The highest BCUT2D eigenvalue weighted by molar-refractivity contribution is 5.81. The Labute approximate surface area is 211 Å². The van der Waals surface area contributed by atoms with E-state index >= 15 is 0 Å². The molecule has 36 heavy (non-hydrogen) atoms. The quantitative estimate of drug-likeness (QED) is 0.476. The first-order valence-electron chi connectivity index (χ1n) is 12.8. The van der Waals surface area contributed by atoms with E-state index in [-0.39, 0.29) is 23.7 Å². The summed E-state index contributed by atoms with van der Waals surface area (Å²) in [4.78, 5) is 29.8. The standard InChI is InChI=1S/C28H37N3O5/c1-17(2)36-28(34)23(19(4)32)8-6-20-7-9-25-24(15-20)29-26(31(25)22-10-12-35-13-11-22)21-14-18(3)27(33)30(5)16-21/h7,9,14-17,19,22-23,32H,6,8,10-13H2,1-5H3/t19-,23+/m1/s1. The highest BCUT2D eigenvalue weighted by atomic mass is 16.5. The first-order valence-corrected chi connectivity index (χ1v) is 12.8. The number of ether oxygens (including phenoxy) is 2. The van der Waals surface area contributed by atoms with Gasteiger partial charge in [0.15, 0.2) is 0 Å². The minimum absolute atomic E-state index is 0.0153. The molecule has 1 aromatic carbocycles. The van der Waals surface area contributed by atoms with Crippen molar-refractivity contribution in [2.45, 2.75) is 71.6 Å². The molecule has 0 saturated carbocycles. The Morgan fingerprint density at radius 2 is 1.94 bits per heavy atom. The predicted octanol–water partition coefficient (Wildman–Crippen LogP) is 3.94. The Morgan fingerprint density at radius 3 is 2.58 bits per heavy atom. The van der Waals surface area contributed by atoms with Crippen molar-refractivity contribution in [1.29, 1.82) is 0 Å². The normalized spacial score (nSPS) is 16.4. The number of imidazole rings is 1. The van der Waals surface area contributed by atoms with Crippen LogP contribution in [0.4, 0.5) is 0 Å². The molecule has 1 aliphatic heterocycles. The summed E-state index contributed by atoms with van der Waals surface area (Å²) in [6.07, 6.45) is 3.76. The molecule has 0 spiro atoms. The molecule has 1 N–H and O–H groups in total. The zero-order chi connectivity index (χ0) is 26.0. The van der Waals surface area contributed by atoms with Crippen LogP contribution in [0.25, 0.3) is 22.4 Å². The number of benzene rings is 1. The second kappa shape index (κ2) is 11.0. The van der Waals surface area contributed by atoms with Crippen LogP contribution in [0.1, 0.15) is 57.2 Å². The van der Waals surface area contributed by atoms with Crippen LogP contribution in [-0.4, -0.2) is 50.6 Å². The lowest BCUT2D eigenvalue weighted by Crippen LogP contribution is -2.30. The number of aryl methyl sites for hydroxylation is 3. The molecule has 3 aromatic rings. The minimum atomic E-state index is -0.785. The number of pyridine rings is 1. The van der Waals surface area contributed by atoms with Crippen molar-refractivity contribution in [3.8, 4) is 11.4 Å². The van der Waals surface area contributed by atoms with Gasteiger partial charge in [0, 0.05) is 43.6 Å². The molecule has 1 saturated heterocycles. The van der Waals surface area contributed by atoms with Gasteiger partial charge in [0.1, 0.15) is 5.82 Å². The molecule has 0 amide bonds. The summed E-state index contributed by atoms with van der Waals surface area (Å²) in [7, 11) is 1.77. The van der Waals surface area contributed by atoms with Gasteiger partial charge in [0.2, 0.25) is 0 Å². The van der Waals surface area contributed by atoms with Crippen molar-refractivity contribution in [2.24, 2.45) is 13.0 Å². The highest BCUT2D eigenvalue weighted by Gasteiger charge is 2.27. The maximum Gasteiger partial charge on any atom is 0.311 e. The van der Waals surface area contributed by atoms with Gasteiger partial charge in [0.25, 0.3) is 5.56 Å². The van der Waals surface area contributed by atoms with Crippen molar-refractivity contribution in [1.82, 2.24) is 14.1 Å². The third kappa shape index (κ3) is 5.55. The summed E-state index contributed by atoms with van der Waals surface area (Å²) >= 11 is 0. The molecule has 0 aliphatic carbocycles. The molecule has 1 aliphatic rings. The van der Waals surface area contributed by atoms with E-state index in [4.69, 9.17) is 14.5 Å². The number of aliphatic hydroxyl groups is 1. The van der Waals surface area contributed by atoms with E-state index in [0.717, 1.165) is 40.8 Å². The molecular formula is C28H37N3O5. The molecule has 8 nitrogen and oxygen atoms in total. The summed E-state index contributed by atoms with van der Waals surface area (Å²) in [6, 6.07) is 8.40. The SMILES string of the molecule is Cc1cc(-c2nc3cc(CC[C@H](C(=O)OC(C)C)[C@@H](C)O)ccc3n2C2CCOCC2)cn(C)c1=O. The van der Waals surface area contributed by atoms with E-state index in [1.165, 1.54) is 0 Å². The van der Waals surface area contributed by atoms with Crippen molar-refractivity contribution in [3.63, 3.8) is 0 Å². The van der Waals surface area contributed by atoms with Crippen molar-refractivity contribution in [3.05, 3.63) is 51.9 Å². The lowest BCUT2D eigenvalue weighted by Gasteiger charge is -2.26. The maximum atomic E-state index is 12.5. The molecule has 2 atom stereocenters. The van der Waals surface area contributed by atoms with Crippen LogP contribution in [0.2, 0.25) is 0 Å². The smallest absolute Gasteiger partial charge is 0.311 e. The molecule has 4 rings (SSSR count). The monoisotopic (exact) mass is 495 g/mol. The molecule has 0 unspecified atom stereocenters. The number of carbonyl (C=O) groups is 1. The van der Waals surface area contributed by atoms with Gasteiger partial charge in [-0.1, -0.05) is 6.07 Å². The third-order valence-corrected chi connectivity index (χ3v) is 6.91. The number of rotatable bonds is 8. The van der Waals surface area contributed by atoms with E-state index in [1.54, 1.807) is 18.5 Å². The van der Waals surface area contributed by atoms with Crippen molar-refractivity contribution < 1.29 is 19.4 Å². The fraction of sp³-hybridized carbons (Fsp3) is 0.536. The minimum Gasteiger partial charge on any atom is -0.463 e. The van der Waals surface area contributed by atoms with Crippen LogP contribution >= 0.6 is 0 Å². The fourth-order valence-electron chi connectivity index (χ4n) is 5.01. The molecule has 0 bridgehead atoms. The number of nitrogens with zero attached hydrogens (tertiary/aromatic N) is 3. The lowest BCUT2D eigenvalue weighted by atomic mass is 9.95. The average molecular weight is 496 g/mol. The number of esters is 1. The largest absolute Gasteiger partial charge is 0.463 e. The first-order chi connectivity index (χ1) is 17.2. The lowest BCUT2D eigenvalue weighted by molar-refractivity contribution is -0.156. The molecule has 0 radical (unpaired) electrons. The second-order valence-corrected chi connectivity index (χ2v) is 10.2. The van der Waals surface area contributed by atoms with E-state index in [2.05, 4.69) is 22.8 Å². The van der Waals surface area contributed by atoms with Gasteiger partial charge >= 0.3 is 5.97 Å². The van der Waals surface area contributed by atoms with E-state index in [9.17, 15) is 14.7 Å². The van der Waals surface area contributed by atoms with Gasteiger partial charge in [-0.25, -0.2) is 4.98 Å². The summed E-state index contributed by atoms with van der Waals surface area (Å²) < 4.78 is 14.9. The molecule has 194 valence electrons. The molecule has 3 heterocycles. The number of aliphatic hydroxyl groups excluding tert-OH is 1. The van der Waals surface area contributed by atoms with E-state index in [0.29, 0.717) is 31.6 Å². The molecular weight excluding hydrogens is 458 g/mol. The Kier molecular flexibility index (Phi) is 7.95. The van der Waals surface area contributed by atoms with Crippen molar-refractivity contribution in [2.75, 3.05) is 13.2 Å². The number of aromatic nitrogens is 3. The van der Waals surface area contributed by atoms with Crippen LogP contribution in [0, 0.1) is 12.8 Å². The van der Waals surface area contributed by atoms with Crippen LogP contribution in [-0.2, 0) is 27.7 Å². The Bertz CT molecular complexity index is 1260. The van der Waals surface area contributed by atoms with Crippen LogP contribution in [0.5, 0.6) is 0 Å². The number of fused-ring (bicyclic) bond motifs is 1. The Balaban J connectivity index is 1.70. The Hall–Kier alpha value is -2.97. The van der Waals surface area contributed by atoms with E-state index < -0.39 is 12.0 Å². The number of hydrogen-bond acceptors (Lipinski definition) is 6. The fourth-order valence-corrected chi connectivity index (χ4v) is 5.01. The molecule has 2 aromatic heterocycles. The third-order valence-electron chi connectivity index (χ3n) is 6.91. The van der Waals surface area contributed by atoms with Crippen LogP contribution in [0.15, 0.2) is 35.3 Å². The van der Waals surface area contributed by atoms with Gasteiger partial charge in [0.05, 0.1) is 29.2 Å². The molecule has 8 heteroatoms. The van der Waals surface area contributed by atoms with Gasteiger partial charge in [-0.15, -0.1) is 0 Å². The van der Waals surface area contributed by atoms with Crippen molar-refractivity contribution >= 4 is 17.0 Å². The van der Waals surface area contributed by atoms with Gasteiger partial charge < -0.3 is 23.7 Å². The zero-order valence-electron chi connectivity index (χ0n) is 21.9. The average Bonchev–Trinajstić information content (AvgIpc) is 3.21. The zero-order valence-corrected chi connectivity index (χ0v) is 21.9. The highest BCUT2D eigenvalue weighted by Crippen LogP contribution is 2.33. The van der Waals surface area contributed by atoms with Gasteiger partial charge in [-0.2, -0.15) is 0 Å². The van der Waals surface area contributed by atoms with Crippen LogP contribution in [0.3, 0.4) is 0 Å². The maximum absolute atomic E-state index is 12.5. The summed E-state index contributed by atoms with van der Waals surface area (Å²) in [5, 5.41) is 10.2. The van der Waals surface area contributed by atoms with Crippen LogP contribution < -0.4 is 5.56 Å². The first kappa shape index (κ1) is 26.1. The van der Waals surface area contributed by atoms with Gasteiger partial charge in [-0.3, -0.25) is 9.59 Å². The van der Waals surface area contributed by atoms with Gasteiger partial charge in [-0.05, 0) is 77.1 Å². The van der Waals surface area contributed by atoms with E-state index in [1.807, 2.05) is 33.0 Å². The Morgan fingerprint density at radius 1 is 1.22 bits per heavy atom. The summed E-state index contributed by atoms with van der Waals surface area (Å²) in [6.45, 7) is 8.50. The predicted molar refractivity (Wildman–Crippen MR) is 139 cm³/mol. The number of hydrogen-bond donors (Lipinski definition) is 1. The topological polar surface area (TPSA) is 95.6 Å². The number of carbonyl (C=O) groups excluding carboxylic acids is 1.